The largest absolute Gasteiger partial charge is 0.485 e. The number of para-hydroxylation sites is 1. The molecule has 0 aliphatic rings. The molecule has 3 aromatic rings. The molecule has 6 nitrogen and oxygen atoms in total. The van der Waals surface area contributed by atoms with Gasteiger partial charge in [0, 0.05) is 17.6 Å². The third-order valence-electron chi connectivity index (χ3n) is 5.06. The summed E-state index contributed by atoms with van der Waals surface area (Å²) in [5, 5.41) is 0.522. The number of carbonyl (C=O) groups is 1. The van der Waals surface area contributed by atoms with Crippen LogP contribution in [-0.2, 0) is 16.0 Å². The summed E-state index contributed by atoms with van der Waals surface area (Å²) in [6.07, 6.45) is 0.246. The third-order valence-corrected chi connectivity index (χ3v) is 5.41. The molecule has 0 aliphatic carbocycles. The number of hydroxylamine groups is 1. The number of amidine groups is 1. The Labute approximate surface area is 199 Å². The summed E-state index contributed by atoms with van der Waals surface area (Å²) in [4.78, 5) is 22.2. The second-order valence-electron chi connectivity index (χ2n) is 7.16. The number of hydrogen-bond acceptors (Lipinski definition) is 5. The van der Waals surface area contributed by atoms with Crippen LogP contribution in [0.5, 0.6) is 5.75 Å². The maximum atomic E-state index is 13.3. The number of esters is 1. The van der Waals surface area contributed by atoms with Crippen LogP contribution in [0.2, 0.25) is 5.02 Å². The molecule has 33 heavy (non-hydrogen) atoms. The molecule has 0 heterocycles. The Balaban J connectivity index is 1.89. The number of aliphatic imine (C=N–C) groups is 1. The normalized spacial score (nSPS) is 12.2. The fraction of sp³-hybridized carbons (Fsp3) is 0.231. The van der Waals surface area contributed by atoms with Crippen molar-refractivity contribution in [1.29, 1.82) is 0 Å². The lowest BCUT2D eigenvalue weighted by molar-refractivity contribution is 0.0374. The minimum atomic E-state index is -0.673. The van der Waals surface area contributed by atoms with Crippen LogP contribution in [0.25, 0.3) is 0 Å². The highest BCUT2D eigenvalue weighted by molar-refractivity contribution is 6.31. The summed E-state index contributed by atoms with van der Waals surface area (Å²) in [7, 11) is 3.10. The minimum Gasteiger partial charge on any atom is -0.485 e. The van der Waals surface area contributed by atoms with Crippen LogP contribution >= 0.6 is 11.6 Å². The van der Waals surface area contributed by atoms with Crippen molar-refractivity contribution < 1.29 is 19.1 Å². The van der Waals surface area contributed by atoms with Crippen molar-refractivity contribution in [3.8, 4) is 5.75 Å². The number of aryl methyl sites for hydroxylation is 1. The fourth-order valence-corrected chi connectivity index (χ4v) is 3.50. The second-order valence-corrected chi connectivity index (χ2v) is 7.57. The van der Waals surface area contributed by atoms with Gasteiger partial charge in [-0.1, -0.05) is 73.1 Å². The Morgan fingerprint density at radius 1 is 1.03 bits per heavy atom. The molecule has 7 heteroatoms. The van der Waals surface area contributed by atoms with Gasteiger partial charge in [-0.3, -0.25) is 15.3 Å². The highest BCUT2D eigenvalue weighted by atomic mass is 35.5. The van der Waals surface area contributed by atoms with E-state index in [1.165, 1.54) is 12.7 Å². The lowest BCUT2D eigenvalue weighted by Gasteiger charge is -2.21. The molecule has 172 valence electrons. The number of benzene rings is 3. The van der Waals surface area contributed by atoms with Gasteiger partial charge in [0.05, 0.1) is 7.11 Å². The zero-order chi connectivity index (χ0) is 23.6. The molecule has 3 aromatic carbocycles. The predicted molar refractivity (Wildman–Crippen MR) is 130 cm³/mol. The molecule has 0 saturated carbocycles. The van der Waals surface area contributed by atoms with Crippen molar-refractivity contribution in [1.82, 2.24) is 5.48 Å². The van der Waals surface area contributed by atoms with Crippen LogP contribution in [0.15, 0.2) is 77.8 Å². The van der Waals surface area contributed by atoms with E-state index in [-0.39, 0.29) is 6.61 Å². The van der Waals surface area contributed by atoms with E-state index in [9.17, 15) is 4.79 Å². The molecule has 1 atom stereocenters. The van der Waals surface area contributed by atoms with Crippen molar-refractivity contribution in [2.24, 2.45) is 4.99 Å². The van der Waals surface area contributed by atoms with Crippen LogP contribution in [0.1, 0.15) is 40.1 Å². The van der Waals surface area contributed by atoms with Gasteiger partial charge in [-0.05, 0) is 35.7 Å². The van der Waals surface area contributed by atoms with E-state index >= 15 is 0 Å². The van der Waals surface area contributed by atoms with Crippen molar-refractivity contribution in [3.05, 3.63) is 100 Å². The maximum Gasteiger partial charge on any atom is 0.342 e. The van der Waals surface area contributed by atoms with Crippen LogP contribution in [0, 0.1) is 0 Å². The molecule has 0 saturated heterocycles. The van der Waals surface area contributed by atoms with E-state index in [4.69, 9.17) is 25.9 Å². The highest BCUT2D eigenvalue weighted by Gasteiger charge is 2.24. The first-order valence-corrected chi connectivity index (χ1v) is 11.0. The summed E-state index contributed by atoms with van der Waals surface area (Å²) < 4.78 is 11.8. The topological polar surface area (TPSA) is 69.2 Å². The van der Waals surface area contributed by atoms with Gasteiger partial charge in [-0.2, -0.15) is 0 Å². The van der Waals surface area contributed by atoms with Gasteiger partial charge in [0.25, 0.3) is 0 Å². The average Bonchev–Trinajstić information content (AvgIpc) is 2.85. The van der Waals surface area contributed by atoms with Gasteiger partial charge in [0.1, 0.15) is 17.9 Å². The Morgan fingerprint density at radius 3 is 2.39 bits per heavy atom. The van der Waals surface area contributed by atoms with Gasteiger partial charge in [0.2, 0.25) is 0 Å². The molecule has 0 fully saturated rings. The number of nitrogens with one attached hydrogen (secondary N) is 1. The Bertz CT molecular complexity index is 1100. The zero-order valence-corrected chi connectivity index (χ0v) is 19.6. The molecule has 0 radical (unpaired) electrons. The van der Waals surface area contributed by atoms with Crippen LogP contribution in [0.4, 0.5) is 0 Å². The SMILES string of the molecule is CCc1ccc(C(OC(=O)c2ccccc2OCC(=NC)NOC)c2ccccc2Cl)cc1. The third kappa shape index (κ3) is 6.34. The standard InChI is InChI=1S/C26H27ClN2O4/c1-4-18-13-15-19(16-14-18)25(20-9-5-7-11-22(20)27)33-26(30)21-10-6-8-12-23(21)32-17-24(28-2)29-31-3/h5-16,25H,4,17H2,1-3H3,(H,28,29). The summed E-state index contributed by atoms with van der Waals surface area (Å²) in [6, 6.07) is 22.2. The molecule has 0 amide bonds. The first-order valence-electron chi connectivity index (χ1n) is 10.6. The summed E-state index contributed by atoms with van der Waals surface area (Å²) in [5.74, 6) is 0.330. The minimum absolute atomic E-state index is 0.0983. The summed E-state index contributed by atoms with van der Waals surface area (Å²) in [5.41, 5.74) is 5.67. The van der Waals surface area contributed by atoms with Crippen molar-refractivity contribution in [2.45, 2.75) is 19.4 Å². The van der Waals surface area contributed by atoms with Crippen LogP contribution in [-0.4, -0.2) is 32.6 Å². The van der Waals surface area contributed by atoms with Crippen molar-refractivity contribution in [2.75, 3.05) is 20.8 Å². The lowest BCUT2D eigenvalue weighted by atomic mass is 9.99. The van der Waals surface area contributed by atoms with Crippen LogP contribution in [0.3, 0.4) is 0 Å². The Morgan fingerprint density at radius 2 is 1.73 bits per heavy atom. The number of carbonyl (C=O) groups excluding carboxylic acids is 1. The molecule has 0 aromatic heterocycles. The van der Waals surface area contributed by atoms with Gasteiger partial charge in [-0.15, -0.1) is 0 Å². The highest BCUT2D eigenvalue weighted by Crippen LogP contribution is 2.33. The predicted octanol–water partition coefficient (Wildman–Crippen LogP) is 5.41. The number of rotatable bonds is 9. The quantitative estimate of drug-likeness (QED) is 0.198. The number of ether oxygens (including phenoxy) is 2. The van der Waals surface area contributed by atoms with Crippen LogP contribution < -0.4 is 10.2 Å². The molecule has 1 unspecified atom stereocenters. The van der Waals surface area contributed by atoms with Crippen molar-refractivity contribution in [3.63, 3.8) is 0 Å². The van der Waals surface area contributed by atoms with Gasteiger partial charge in [0.15, 0.2) is 11.9 Å². The number of hydrogen-bond donors (Lipinski definition) is 1. The second kappa shape index (κ2) is 12.0. The monoisotopic (exact) mass is 466 g/mol. The smallest absolute Gasteiger partial charge is 0.342 e. The Kier molecular flexibility index (Phi) is 8.87. The van der Waals surface area contributed by atoms with Gasteiger partial charge in [-0.25, -0.2) is 4.79 Å². The van der Waals surface area contributed by atoms with E-state index in [0.29, 0.717) is 27.7 Å². The van der Waals surface area contributed by atoms with Crippen molar-refractivity contribution >= 4 is 23.4 Å². The fourth-order valence-electron chi connectivity index (χ4n) is 3.26. The zero-order valence-electron chi connectivity index (χ0n) is 18.9. The van der Waals surface area contributed by atoms with E-state index in [1.807, 2.05) is 42.5 Å². The van der Waals surface area contributed by atoms with E-state index in [2.05, 4.69) is 17.4 Å². The number of nitrogens with zero attached hydrogens (tertiary/aromatic N) is 1. The Hall–Kier alpha value is -3.35. The summed E-state index contributed by atoms with van der Waals surface area (Å²) in [6.45, 7) is 2.19. The lowest BCUT2D eigenvalue weighted by Crippen LogP contribution is -2.28. The van der Waals surface area contributed by atoms with Gasteiger partial charge >= 0.3 is 5.97 Å². The molecular weight excluding hydrogens is 440 g/mol. The molecule has 0 aliphatic heterocycles. The van der Waals surface area contributed by atoms with E-state index < -0.39 is 12.1 Å². The average molecular weight is 467 g/mol. The van der Waals surface area contributed by atoms with E-state index in [1.54, 1.807) is 37.4 Å². The van der Waals surface area contributed by atoms with E-state index in [0.717, 1.165) is 12.0 Å². The number of halogens is 1. The maximum absolute atomic E-state index is 13.3. The molecule has 1 N–H and O–H groups in total. The van der Waals surface area contributed by atoms with Gasteiger partial charge < -0.3 is 9.47 Å². The summed E-state index contributed by atoms with van der Waals surface area (Å²) >= 11 is 6.47. The first-order chi connectivity index (χ1) is 16.1. The molecule has 3 rings (SSSR count). The molecule has 0 spiro atoms. The first kappa shape index (κ1) is 24.3. The molecule has 0 bridgehead atoms. The molecular formula is C26H27ClN2O4.